The molecular formula is C18H20N2O. The molecule has 1 N–H and O–H groups in total. The summed E-state index contributed by atoms with van der Waals surface area (Å²) >= 11 is 0. The lowest BCUT2D eigenvalue weighted by atomic mass is 10.1. The Bertz CT molecular complexity index is 657. The van der Waals surface area contributed by atoms with Crippen LogP contribution in [-0.4, -0.2) is 12.1 Å². The molecule has 0 unspecified atom stereocenters. The molecular weight excluding hydrogens is 260 g/mol. The van der Waals surface area contributed by atoms with E-state index in [-0.39, 0.29) is 5.91 Å². The van der Waals surface area contributed by atoms with Gasteiger partial charge in [-0.1, -0.05) is 37.3 Å². The smallest absolute Gasteiger partial charge is 0.267 e. The first-order valence-corrected chi connectivity index (χ1v) is 7.09. The highest BCUT2D eigenvalue weighted by molar-refractivity contribution is 5.95. The molecule has 0 spiro atoms. The van der Waals surface area contributed by atoms with Gasteiger partial charge in [-0.15, -0.1) is 0 Å². The average Bonchev–Trinajstić information content (AvgIpc) is 2.50. The summed E-state index contributed by atoms with van der Waals surface area (Å²) in [5.41, 5.74) is 7.70. The Morgan fingerprint density at radius 2 is 1.81 bits per heavy atom. The second-order valence-electron chi connectivity index (χ2n) is 5.09. The molecule has 0 saturated heterocycles. The summed E-state index contributed by atoms with van der Waals surface area (Å²) in [7, 11) is 0. The van der Waals surface area contributed by atoms with Gasteiger partial charge in [-0.3, -0.25) is 4.79 Å². The Labute approximate surface area is 125 Å². The molecule has 2 aromatic carbocycles. The zero-order chi connectivity index (χ0) is 15.2. The molecule has 2 aromatic rings. The fourth-order valence-corrected chi connectivity index (χ4v) is 1.95. The molecule has 0 saturated carbocycles. The lowest BCUT2D eigenvalue weighted by molar-refractivity contribution is 0.0955. The van der Waals surface area contributed by atoms with E-state index in [4.69, 9.17) is 0 Å². The van der Waals surface area contributed by atoms with Crippen LogP contribution >= 0.6 is 0 Å². The Hall–Kier alpha value is -2.42. The Morgan fingerprint density at radius 3 is 2.43 bits per heavy atom. The molecule has 0 aliphatic heterocycles. The van der Waals surface area contributed by atoms with E-state index in [0.717, 1.165) is 17.5 Å². The largest absolute Gasteiger partial charge is 0.271 e. The van der Waals surface area contributed by atoms with Crippen LogP contribution in [0.15, 0.2) is 47.6 Å². The van der Waals surface area contributed by atoms with Crippen LogP contribution in [0, 0.1) is 13.8 Å². The van der Waals surface area contributed by atoms with Crippen molar-refractivity contribution in [2.75, 3.05) is 0 Å². The maximum atomic E-state index is 12.0. The van der Waals surface area contributed by atoms with E-state index in [1.54, 1.807) is 6.21 Å². The summed E-state index contributed by atoms with van der Waals surface area (Å²) in [5.74, 6) is -0.195. The first-order chi connectivity index (χ1) is 10.1. The summed E-state index contributed by atoms with van der Waals surface area (Å²) in [5, 5.41) is 4.00. The third-order valence-corrected chi connectivity index (χ3v) is 3.54. The van der Waals surface area contributed by atoms with E-state index in [1.807, 2.05) is 44.2 Å². The Morgan fingerprint density at radius 1 is 1.10 bits per heavy atom. The van der Waals surface area contributed by atoms with Gasteiger partial charge in [0.15, 0.2) is 0 Å². The number of hydrogen-bond acceptors (Lipinski definition) is 2. The van der Waals surface area contributed by atoms with Crippen LogP contribution in [-0.2, 0) is 6.42 Å². The van der Waals surface area contributed by atoms with Crippen molar-refractivity contribution in [2.24, 2.45) is 5.10 Å². The Balaban J connectivity index is 1.99. The van der Waals surface area contributed by atoms with Gasteiger partial charge in [-0.25, -0.2) is 5.43 Å². The van der Waals surface area contributed by atoms with Gasteiger partial charge in [-0.05, 0) is 54.7 Å². The summed E-state index contributed by atoms with van der Waals surface area (Å²) in [6, 6.07) is 13.7. The maximum Gasteiger partial charge on any atom is 0.271 e. The number of aryl methyl sites for hydroxylation is 3. The quantitative estimate of drug-likeness (QED) is 0.674. The van der Waals surface area contributed by atoms with Gasteiger partial charge in [0.05, 0.1) is 6.21 Å². The van der Waals surface area contributed by atoms with Crippen molar-refractivity contribution in [3.8, 4) is 0 Å². The molecule has 0 bridgehead atoms. The van der Waals surface area contributed by atoms with E-state index in [2.05, 4.69) is 29.6 Å². The first kappa shape index (κ1) is 15.0. The van der Waals surface area contributed by atoms with Crippen molar-refractivity contribution in [2.45, 2.75) is 27.2 Å². The molecule has 0 radical (unpaired) electrons. The minimum Gasteiger partial charge on any atom is -0.267 e. The van der Waals surface area contributed by atoms with Gasteiger partial charge in [0, 0.05) is 5.56 Å². The molecule has 108 valence electrons. The zero-order valence-electron chi connectivity index (χ0n) is 12.7. The highest BCUT2D eigenvalue weighted by Crippen LogP contribution is 2.09. The van der Waals surface area contributed by atoms with Crippen LogP contribution in [0.25, 0.3) is 0 Å². The number of amides is 1. The Kier molecular flexibility index (Phi) is 4.88. The molecule has 0 aliphatic carbocycles. The van der Waals surface area contributed by atoms with E-state index in [9.17, 15) is 4.79 Å². The van der Waals surface area contributed by atoms with Crippen LogP contribution in [0.3, 0.4) is 0 Å². The second kappa shape index (κ2) is 6.84. The van der Waals surface area contributed by atoms with Gasteiger partial charge >= 0.3 is 0 Å². The van der Waals surface area contributed by atoms with Gasteiger partial charge in [0.2, 0.25) is 0 Å². The molecule has 1 amide bonds. The van der Waals surface area contributed by atoms with Crippen LogP contribution < -0.4 is 5.43 Å². The topological polar surface area (TPSA) is 41.5 Å². The summed E-state index contributed by atoms with van der Waals surface area (Å²) in [4.78, 5) is 12.0. The number of hydrogen-bond donors (Lipinski definition) is 1. The summed E-state index contributed by atoms with van der Waals surface area (Å²) in [6.45, 7) is 6.13. The second-order valence-corrected chi connectivity index (χ2v) is 5.09. The van der Waals surface area contributed by atoms with Gasteiger partial charge < -0.3 is 0 Å². The fraction of sp³-hybridized carbons (Fsp3) is 0.222. The standard InChI is InChI=1S/C18H20N2O/c1-4-15-6-8-16(9-7-15)12-19-20-18(21)17-10-5-13(2)14(3)11-17/h5-12H,4H2,1-3H3,(H,20,21). The summed E-state index contributed by atoms with van der Waals surface area (Å²) in [6.07, 6.45) is 2.67. The predicted molar refractivity (Wildman–Crippen MR) is 86.8 cm³/mol. The predicted octanol–water partition coefficient (Wildman–Crippen LogP) is 3.63. The van der Waals surface area contributed by atoms with Crippen molar-refractivity contribution in [1.29, 1.82) is 0 Å². The zero-order valence-corrected chi connectivity index (χ0v) is 12.7. The number of nitrogens with one attached hydrogen (secondary N) is 1. The fourth-order valence-electron chi connectivity index (χ4n) is 1.95. The van der Waals surface area contributed by atoms with E-state index < -0.39 is 0 Å². The molecule has 0 aromatic heterocycles. The van der Waals surface area contributed by atoms with Gasteiger partial charge in [-0.2, -0.15) is 5.10 Å². The number of benzene rings is 2. The van der Waals surface area contributed by atoms with Gasteiger partial charge in [0.1, 0.15) is 0 Å². The third-order valence-electron chi connectivity index (χ3n) is 3.54. The lowest BCUT2D eigenvalue weighted by Gasteiger charge is -2.03. The lowest BCUT2D eigenvalue weighted by Crippen LogP contribution is -2.17. The number of carbonyl (C=O) groups excluding carboxylic acids is 1. The van der Waals surface area contributed by atoms with Crippen LogP contribution in [0.4, 0.5) is 0 Å². The molecule has 21 heavy (non-hydrogen) atoms. The van der Waals surface area contributed by atoms with Crippen molar-refractivity contribution >= 4 is 12.1 Å². The average molecular weight is 280 g/mol. The van der Waals surface area contributed by atoms with Crippen molar-refractivity contribution in [3.63, 3.8) is 0 Å². The van der Waals surface area contributed by atoms with E-state index >= 15 is 0 Å². The van der Waals surface area contributed by atoms with E-state index in [1.165, 1.54) is 11.1 Å². The van der Waals surface area contributed by atoms with E-state index in [0.29, 0.717) is 5.56 Å². The number of carbonyl (C=O) groups is 1. The van der Waals surface area contributed by atoms with Gasteiger partial charge in [0.25, 0.3) is 5.91 Å². The molecule has 3 nitrogen and oxygen atoms in total. The summed E-state index contributed by atoms with van der Waals surface area (Å²) < 4.78 is 0. The van der Waals surface area contributed by atoms with Crippen molar-refractivity contribution < 1.29 is 4.79 Å². The van der Waals surface area contributed by atoms with Crippen LogP contribution in [0.1, 0.15) is 39.5 Å². The highest BCUT2D eigenvalue weighted by Gasteiger charge is 2.04. The number of rotatable bonds is 4. The first-order valence-electron chi connectivity index (χ1n) is 7.09. The third kappa shape index (κ3) is 4.02. The van der Waals surface area contributed by atoms with Crippen molar-refractivity contribution in [3.05, 3.63) is 70.3 Å². The minimum atomic E-state index is -0.195. The van der Waals surface area contributed by atoms with Crippen molar-refractivity contribution in [1.82, 2.24) is 5.43 Å². The SMILES string of the molecule is CCc1ccc(C=NNC(=O)c2ccc(C)c(C)c2)cc1. The van der Waals surface area contributed by atoms with Crippen LogP contribution in [0.2, 0.25) is 0 Å². The highest BCUT2D eigenvalue weighted by atomic mass is 16.2. The number of hydrazone groups is 1. The normalized spacial score (nSPS) is 10.8. The molecule has 0 aliphatic rings. The molecule has 2 rings (SSSR count). The molecule has 3 heteroatoms. The minimum absolute atomic E-state index is 0.195. The van der Waals surface area contributed by atoms with Crippen LogP contribution in [0.5, 0.6) is 0 Å². The molecule has 0 atom stereocenters. The maximum absolute atomic E-state index is 12.0. The molecule has 0 fully saturated rings. The molecule has 0 heterocycles. The number of nitrogens with zero attached hydrogens (tertiary/aromatic N) is 1. The monoisotopic (exact) mass is 280 g/mol.